The number of aldehydes is 1. The molecule has 0 aromatic heterocycles. The van der Waals surface area contributed by atoms with E-state index in [1.54, 1.807) is 0 Å². The predicted octanol–water partition coefficient (Wildman–Crippen LogP) is 1.80. The maximum atomic E-state index is 9.99. The highest BCUT2D eigenvalue weighted by molar-refractivity contribution is 5.54. The average molecular weight is 206 g/mol. The van der Waals surface area contributed by atoms with Crippen LogP contribution < -0.4 is 0 Å². The Labute approximate surface area is 89.3 Å². The van der Waals surface area contributed by atoms with Gasteiger partial charge < -0.3 is 9.47 Å². The van der Waals surface area contributed by atoms with Gasteiger partial charge in [-0.15, -0.1) is 0 Å². The third-order valence-corrected chi connectivity index (χ3v) is 1.68. The van der Waals surface area contributed by atoms with Gasteiger partial charge in [0.25, 0.3) is 0 Å². The highest BCUT2D eigenvalue weighted by atomic mass is 16.7. The van der Waals surface area contributed by atoms with Crippen LogP contribution >= 0.6 is 0 Å². The molecule has 1 aliphatic heterocycles. The molecular formula is C12H14O3. The Morgan fingerprint density at radius 2 is 1.47 bits per heavy atom. The first kappa shape index (κ1) is 11.6. The summed E-state index contributed by atoms with van der Waals surface area (Å²) in [6, 6.07) is 12.0. The van der Waals surface area contributed by atoms with Crippen molar-refractivity contribution < 1.29 is 14.3 Å². The van der Waals surface area contributed by atoms with Gasteiger partial charge in [-0.2, -0.15) is 0 Å². The van der Waals surface area contributed by atoms with E-state index < -0.39 is 6.29 Å². The van der Waals surface area contributed by atoms with Crippen LogP contribution in [0.2, 0.25) is 0 Å². The molecule has 1 heterocycles. The molecule has 0 saturated carbocycles. The van der Waals surface area contributed by atoms with Gasteiger partial charge in [-0.25, -0.2) is 0 Å². The fraction of sp³-hybridized carbons (Fsp3) is 0.250. The van der Waals surface area contributed by atoms with E-state index in [4.69, 9.17) is 9.47 Å². The first-order valence-corrected chi connectivity index (χ1v) is 4.68. The molecule has 0 unspecified atom stereocenters. The van der Waals surface area contributed by atoms with Gasteiger partial charge in [0.2, 0.25) is 6.29 Å². The van der Waals surface area contributed by atoms with E-state index >= 15 is 0 Å². The molecule has 1 aromatic rings. The Kier molecular flexibility index (Phi) is 5.37. The largest absolute Gasteiger partial charge is 0.342 e. The second-order valence-corrected chi connectivity index (χ2v) is 3.03. The van der Waals surface area contributed by atoms with E-state index in [9.17, 15) is 4.79 Å². The lowest BCUT2D eigenvalue weighted by molar-refractivity contribution is -0.164. The summed E-state index contributed by atoms with van der Waals surface area (Å²) < 4.78 is 9.70. The zero-order valence-corrected chi connectivity index (χ0v) is 8.46. The summed E-state index contributed by atoms with van der Waals surface area (Å²) in [6.45, 7) is 4.48. The van der Waals surface area contributed by atoms with Crippen molar-refractivity contribution in [1.29, 1.82) is 0 Å². The van der Waals surface area contributed by atoms with Gasteiger partial charge in [-0.05, 0) is 5.57 Å². The van der Waals surface area contributed by atoms with E-state index in [0.717, 1.165) is 5.57 Å². The lowest BCUT2D eigenvalue weighted by atomic mass is 10.3. The average Bonchev–Trinajstić information content (AvgIpc) is 2.33. The van der Waals surface area contributed by atoms with Gasteiger partial charge in [0.15, 0.2) is 6.29 Å². The molecule has 0 radical (unpaired) electrons. The third-order valence-electron chi connectivity index (χ3n) is 1.68. The van der Waals surface area contributed by atoms with E-state index in [1.165, 1.54) is 0 Å². The fourth-order valence-electron chi connectivity index (χ4n) is 0.953. The van der Waals surface area contributed by atoms with Gasteiger partial charge in [0, 0.05) is 0 Å². The number of carbonyl (C=O) groups excluding carboxylic acids is 1. The quantitative estimate of drug-likeness (QED) is 0.519. The Bertz CT molecular complexity index is 258. The zero-order valence-electron chi connectivity index (χ0n) is 8.46. The van der Waals surface area contributed by atoms with Crippen molar-refractivity contribution in [2.24, 2.45) is 0 Å². The van der Waals surface area contributed by atoms with Crippen LogP contribution in [-0.2, 0) is 14.3 Å². The minimum absolute atomic E-state index is 0.434. The van der Waals surface area contributed by atoms with Crippen LogP contribution in [0.15, 0.2) is 48.6 Å². The number of rotatable bonds is 1. The van der Waals surface area contributed by atoms with E-state index in [0.29, 0.717) is 19.5 Å². The topological polar surface area (TPSA) is 35.5 Å². The van der Waals surface area contributed by atoms with Crippen LogP contribution in [0.5, 0.6) is 0 Å². The Hall–Kier alpha value is -1.45. The van der Waals surface area contributed by atoms with Crippen molar-refractivity contribution in [1.82, 2.24) is 0 Å². The van der Waals surface area contributed by atoms with Crippen LogP contribution in [0.4, 0.5) is 0 Å². The van der Waals surface area contributed by atoms with E-state index in [1.807, 2.05) is 36.4 Å². The fourth-order valence-corrected chi connectivity index (χ4v) is 0.953. The maximum Gasteiger partial charge on any atom is 0.215 e. The third kappa shape index (κ3) is 5.10. The first-order valence-electron chi connectivity index (χ1n) is 4.68. The van der Waals surface area contributed by atoms with Crippen LogP contribution in [-0.4, -0.2) is 25.8 Å². The number of hydrogen-bond donors (Lipinski definition) is 0. The van der Waals surface area contributed by atoms with Crippen molar-refractivity contribution in [2.45, 2.75) is 6.29 Å². The lowest BCUT2D eigenvalue weighted by Gasteiger charge is -2.19. The molecule has 1 aliphatic rings. The molecule has 3 heteroatoms. The second-order valence-electron chi connectivity index (χ2n) is 3.03. The minimum Gasteiger partial charge on any atom is -0.342 e. The monoisotopic (exact) mass is 206 g/mol. The normalized spacial score (nSPS) is 16.4. The molecule has 2 rings (SSSR count). The summed E-state index contributed by atoms with van der Waals surface area (Å²) >= 11 is 0. The molecule has 0 spiro atoms. The molecule has 1 fully saturated rings. The molecule has 80 valence electrons. The maximum absolute atomic E-state index is 9.99. The van der Waals surface area contributed by atoms with Crippen LogP contribution in [0.25, 0.3) is 0 Å². The van der Waals surface area contributed by atoms with Crippen LogP contribution in [0.3, 0.4) is 0 Å². The van der Waals surface area contributed by atoms with Crippen molar-refractivity contribution in [3.8, 4) is 0 Å². The Balaban J connectivity index is 0.000000162. The molecule has 0 amide bonds. The molecule has 0 N–H and O–H groups in total. The van der Waals surface area contributed by atoms with Gasteiger partial charge >= 0.3 is 0 Å². The molecule has 0 bridgehead atoms. The SMILES string of the molecule is C=C1COC(C=O)OC1.c1ccccc1. The molecule has 0 atom stereocenters. The first-order chi connectivity index (χ1) is 7.33. The van der Waals surface area contributed by atoms with E-state index in [2.05, 4.69) is 6.58 Å². The number of benzene rings is 1. The summed E-state index contributed by atoms with van der Waals surface area (Å²) in [5.41, 5.74) is 0.869. The number of carbonyl (C=O) groups is 1. The van der Waals surface area contributed by atoms with Crippen molar-refractivity contribution in [3.63, 3.8) is 0 Å². The van der Waals surface area contributed by atoms with Crippen molar-refractivity contribution in [3.05, 3.63) is 48.6 Å². The highest BCUT2D eigenvalue weighted by Gasteiger charge is 2.13. The summed E-state index contributed by atoms with van der Waals surface area (Å²) in [7, 11) is 0. The smallest absolute Gasteiger partial charge is 0.215 e. The van der Waals surface area contributed by atoms with E-state index in [-0.39, 0.29) is 0 Å². The van der Waals surface area contributed by atoms with Gasteiger partial charge in [0.1, 0.15) is 0 Å². The van der Waals surface area contributed by atoms with Gasteiger partial charge in [-0.1, -0.05) is 43.0 Å². The zero-order chi connectivity index (χ0) is 10.9. The molecule has 1 saturated heterocycles. The predicted molar refractivity (Wildman–Crippen MR) is 57.3 cm³/mol. The van der Waals surface area contributed by atoms with Crippen LogP contribution in [0.1, 0.15) is 0 Å². The molecule has 1 aromatic carbocycles. The van der Waals surface area contributed by atoms with Crippen LogP contribution in [0, 0.1) is 0 Å². The minimum atomic E-state index is -0.671. The van der Waals surface area contributed by atoms with Gasteiger partial charge in [-0.3, -0.25) is 4.79 Å². The Morgan fingerprint density at radius 1 is 1.07 bits per heavy atom. The summed E-state index contributed by atoms with van der Waals surface area (Å²) in [4.78, 5) is 9.99. The molecule has 0 aliphatic carbocycles. The van der Waals surface area contributed by atoms with Crippen molar-refractivity contribution >= 4 is 6.29 Å². The summed E-state index contributed by atoms with van der Waals surface area (Å²) in [5, 5.41) is 0. The summed E-state index contributed by atoms with van der Waals surface area (Å²) in [5.74, 6) is 0. The van der Waals surface area contributed by atoms with Gasteiger partial charge in [0.05, 0.1) is 13.2 Å². The summed E-state index contributed by atoms with van der Waals surface area (Å²) in [6.07, 6.45) is -0.0394. The number of hydrogen-bond acceptors (Lipinski definition) is 3. The number of ether oxygens (including phenoxy) is 2. The highest BCUT2D eigenvalue weighted by Crippen LogP contribution is 2.05. The van der Waals surface area contributed by atoms with Crippen molar-refractivity contribution in [2.75, 3.05) is 13.2 Å². The lowest BCUT2D eigenvalue weighted by Crippen LogP contribution is -2.27. The molecular weight excluding hydrogens is 192 g/mol. The molecule has 3 nitrogen and oxygen atoms in total. The standard InChI is InChI=1S/C6H8O3.C6H6/c1-5-3-8-6(2-7)9-4-5;1-2-4-6-5-3-1/h2,6H,1,3-4H2;1-6H. The molecule has 15 heavy (non-hydrogen) atoms. The Morgan fingerprint density at radius 3 is 1.80 bits per heavy atom. The second kappa shape index (κ2) is 6.92.